The molecule has 0 bridgehead atoms. The molecule has 0 radical (unpaired) electrons. The topological polar surface area (TPSA) is 28.7 Å². The largest absolute Gasteiger partial charge is 0.351 e. The molecule has 0 saturated carbocycles. The van der Waals surface area contributed by atoms with Crippen LogP contribution in [0.4, 0.5) is 0 Å². The van der Waals surface area contributed by atoms with E-state index in [0.717, 1.165) is 5.69 Å². The van der Waals surface area contributed by atoms with Gasteiger partial charge in [0.2, 0.25) is 0 Å². The molecule has 0 saturated heterocycles. The lowest BCUT2D eigenvalue weighted by Gasteiger charge is -1.95. The van der Waals surface area contributed by atoms with Gasteiger partial charge in [0, 0.05) is 6.20 Å². The van der Waals surface area contributed by atoms with E-state index in [4.69, 9.17) is 0 Å². The average Bonchev–Trinajstić information content (AvgIpc) is 2.69. The zero-order valence-electron chi connectivity index (χ0n) is 9.00. The van der Waals surface area contributed by atoms with Crippen molar-refractivity contribution < 1.29 is 0 Å². The predicted molar refractivity (Wildman–Crippen MR) is 61.0 cm³/mol. The maximum Gasteiger partial charge on any atom is 0.0927 e. The molecule has 1 heterocycles. The molecule has 2 heteroatoms. The van der Waals surface area contributed by atoms with Crippen LogP contribution >= 0.6 is 0 Å². The maximum absolute atomic E-state index is 4.12. The zero-order chi connectivity index (χ0) is 10.1. The number of aromatic amines is 1. The Morgan fingerprint density at radius 3 is 2.86 bits per heavy atom. The normalized spacial score (nSPS) is 11.2. The summed E-state index contributed by atoms with van der Waals surface area (Å²) < 4.78 is 0. The van der Waals surface area contributed by atoms with Crippen LogP contribution in [0.25, 0.3) is 6.08 Å². The molecule has 0 spiro atoms. The van der Waals surface area contributed by atoms with Crippen LogP contribution in [0.2, 0.25) is 0 Å². The van der Waals surface area contributed by atoms with Gasteiger partial charge < -0.3 is 4.98 Å². The summed E-state index contributed by atoms with van der Waals surface area (Å²) in [5.41, 5.74) is 1.03. The van der Waals surface area contributed by atoms with Crippen molar-refractivity contribution in [2.24, 2.45) is 0 Å². The fourth-order valence-corrected chi connectivity index (χ4v) is 1.43. The molecule has 2 nitrogen and oxygen atoms in total. The molecule has 0 aliphatic carbocycles. The second-order valence-electron chi connectivity index (χ2n) is 3.60. The van der Waals surface area contributed by atoms with Crippen LogP contribution in [-0.2, 0) is 0 Å². The highest BCUT2D eigenvalue weighted by molar-refractivity contribution is 5.42. The van der Waals surface area contributed by atoms with E-state index < -0.39 is 0 Å². The lowest BCUT2D eigenvalue weighted by molar-refractivity contribution is 0.638. The third-order valence-electron chi connectivity index (χ3n) is 2.28. The van der Waals surface area contributed by atoms with E-state index in [1.54, 1.807) is 6.33 Å². The zero-order valence-corrected chi connectivity index (χ0v) is 9.00. The number of rotatable bonds is 7. The molecule has 14 heavy (non-hydrogen) atoms. The summed E-state index contributed by atoms with van der Waals surface area (Å²) in [4.78, 5) is 7.06. The standard InChI is InChI=1S/C12H20N2/c1-2-3-4-5-6-7-8-9-12-10-13-11-14-12/h8-11H,2-7H2,1H3,(H,13,14). The van der Waals surface area contributed by atoms with E-state index >= 15 is 0 Å². The molecule has 1 aromatic heterocycles. The molecule has 78 valence electrons. The second-order valence-corrected chi connectivity index (χ2v) is 3.60. The average molecular weight is 192 g/mol. The van der Waals surface area contributed by atoms with Gasteiger partial charge in [-0.3, -0.25) is 0 Å². The molecule has 0 unspecified atom stereocenters. The monoisotopic (exact) mass is 192 g/mol. The van der Waals surface area contributed by atoms with Gasteiger partial charge in [-0.15, -0.1) is 0 Å². The van der Waals surface area contributed by atoms with Crippen LogP contribution in [0.5, 0.6) is 0 Å². The van der Waals surface area contributed by atoms with Gasteiger partial charge in [-0.1, -0.05) is 38.7 Å². The summed E-state index contributed by atoms with van der Waals surface area (Å²) >= 11 is 0. The van der Waals surface area contributed by atoms with Gasteiger partial charge in [-0.2, -0.15) is 0 Å². The van der Waals surface area contributed by atoms with Crippen LogP contribution in [-0.4, -0.2) is 9.97 Å². The predicted octanol–water partition coefficient (Wildman–Crippen LogP) is 3.78. The highest BCUT2D eigenvalue weighted by Crippen LogP contribution is 2.06. The third-order valence-corrected chi connectivity index (χ3v) is 2.28. The quantitative estimate of drug-likeness (QED) is 0.654. The van der Waals surface area contributed by atoms with Crippen LogP contribution in [0.1, 0.15) is 51.1 Å². The number of imidazole rings is 1. The molecule has 0 aliphatic heterocycles. The summed E-state index contributed by atoms with van der Waals surface area (Å²) in [7, 11) is 0. The van der Waals surface area contributed by atoms with Crippen LogP contribution < -0.4 is 0 Å². The maximum atomic E-state index is 4.12. The molecule has 1 rings (SSSR count). The lowest BCUT2D eigenvalue weighted by atomic mass is 10.1. The minimum Gasteiger partial charge on any atom is -0.351 e. The van der Waals surface area contributed by atoms with Crippen molar-refractivity contribution >= 4 is 6.08 Å². The van der Waals surface area contributed by atoms with Crippen molar-refractivity contribution in [3.05, 3.63) is 24.3 Å². The van der Waals surface area contributed by atoms with Crippen molar-refractivity contribution in [3.63, 3.8) is 0 Å². The molecular formula is C12H20N2. The number of H-pyrrole nitrogens is 1. The van der Waals surface area contributed by atoms with Crippen LogP contribution in [0.3, 0.4) is 0 Å². The first-order chi connectivity index (χ1) is 6.93. The summed E-state index contributed by atoms with van der Waals surface area (Å²) in [6.45, 7) is 2.25. The minimum atomic E-state index is 1.03. The summed E-state index contributed by atoms with van der Waals surface area (Å²) in [5.74, 6) is 0. The van der Waals surface area contributed by atoms with E-state index in [-0.39, 0.29) is 0 Å². The van der Waals surface area contributed by atoms with Gasteiger partial charge in [0.25, 0.3) is 0 Å². The molecular weight excluding hydrogens is 172 g/mol. The van der Waals surface area contributed by atoms with Gasteiger partial charge >= 0.3 is 0 Å². The molecule has 0 aromatic carbocycles. The van der Waals surface area contributed by atoms with Gasteiger partial charge in [-0.25, -0.2) is 4.98 Å². The van der Waals surface area contributed by atoms with E-state index in [9.17, 15) is 0 Å². The Morgan fingerprint density at radius 1 is 1.29 bits per heavy atom. The Bertz CT molecular complexity index is 237. The number of unbranched alkanes of at least 4 members (excludes halogenated alkanes) is 5. The van der Waals surface area contributed by atoms with E-state index in [0.29, 0.717) is 0 Å². The SMILES string of the molecule is CCCCCCCC=Cc1c[nH]cn1. The molecule has 0 aliphatic rings. The van der Waals surface area contributed by atoms with E-state index in [1.165, 1.54) is 38.5 Å². The first kappa shape index (κ1) is 11.0. The highest BCUT2D eigenvalue weighted by atomic mass is 14.8. The van der Waals surface area contributed by atoms with Gasteiger partial charge in [0.1, 0.15) is 0 Å². The molecule has 1 N–H and O–H groups in total. The number of hydrogen-bond donors (Lipinski definition) is 1. The lowest BCUT2D eigenvalue weighted by Crippen LogP contribution is -1.76. The van der Waals surface area contributed by atoms with Crippen molar-refractivity contribution in [1.29, 1.82) is 0 Å². The smallest absolute Gasteiger partial charge is 0.0927 e. The Labute approximate surface area is 86.5 Å². The van der Waals surface area contributed by atoms with E-state index in [2.05, 4.69) is 29.0 Å². The third kappa shape index (κ3) is 4.85. The molecule has 0 amide bonds. The van der Waals surface area contributed by atoms with Crippen molar-refractivity contribution in [3.8, 4) is 0 Å². The Morgan fingerprint density at radius 2 is 2.14 bits per heavy atom. The summed E-state index contributed by atoms with van der Waals surface area (Å²) in [6, 6.07) is 0. The Kier molecular flexibility index (Phi) is 5.80. The Balaban J connectivity index is 1.98. The molecule has 0 fully saturated rings. The fraction of sp³-hybridized carbons (Fsp3) is 0.583. The fourth-order valence-electron chi connectivity index (χ4n) is 1.43. The first-order valence-corrected chi connectivity index (χ1v) is 5.59. The van der Waals surface area contributed by atoms with E-state index in [1.807, 2.05) is 6.20 Å². The van der Waals surface area contributed by atoms with Gasteiger partial charge in [0.15, 0.2) is 0 Å². The van der Waals surface area contributed by atoms with Gasteiger partial charge in [-0.05, 0) is 18.9 Å². The van der Waals surface area contributed by atoms with Gasteiger partial charge in [0.05, 0.1) is 12.0 Å². The molecule has 1 aromatic rings. The first-order valence-electron chi connectivity index (χ1n) is 5.59. The number of allylic oxidation sites excluding steroid dienone is 1. The van der Waals surface area contributed by atoms with Crippen LogP contribution in [0, 0.1) is 0 Å². The number of nitrogens with zero attached hydrogens (tertiary/aromatic N) is 1. The number of aromatic nitrogens is 2. The minimum absolute atomic E-state index is 1.03. The summed E-state index contributed by atoms with van der Waals surface area (Å²) in [6.07, 6.45) is 15.8. The molecule has 0 atom stereocenters. The highest BCUT2D eigenvalue weighted by Gasteiger charge is 1.88. The van der Waals surface area contributed by atoms with Crippen molar-refractivity contribution in [2.45, 2.75) is 45.4 Å². The second kappa shape index (κ2) is 7.36. The van der Waals surface area contributed by atoms with Crippen LogP contribution in [0.15, 0.2) is 18.6 Å². The Hall–Kier alpha value is -1.05. The summed E-state index contributed by atoms with van der Waals surface area (Å²) in [5, 5.41) is 0. The number of hydrogen-bond acceptors (Lipinski definition) is 1. The van der Waals surface area contributed by atoms with Crippen molar-refractivity contribution in [1.82, 2.24) is 9.97 Å². The number of nitrogens with one attached hydrogen (secondary N) is 1. The van der Waals surface area contributed by atoms with Crippen molar-refractivity contribution in [2.75, 3.05) is 0 Å².